The highest BCUT2D eigenvalue weighted by Crippen LogP contribution is 2.19. The van der Waals surface area contributed by atoms with Crippen molar-refractivity contribution in [3.05, 3.63) is 41.8 Å². The van der Waals surface area contributed by atoms with E-state index < -0.39 is 5.60 Å². The van der Waals surface area contributed by atoms with Crippen molar-refractivity contribution in [2.45, 2.75) is 45.8 Å². The Morgan fingerprint density at radius 3 is 2.63 bits per heavy atom. The molecule has 162 valence electrons. The predicted molar refractivity (Wildman–Crippen MR) is 116 cm³/mol. The van der Waals surface area contributed by atoms with Gasteiger partial charge in [-0.3, -0.25) is 4.99 Å². The van der Waals surface area contributed by atoms with Gasteiger partial charge >= 0.3 is 6.09 Å². The van der Waals surface area contributed by atoms with E-state index in [1.54, 1.807) is 18.2 Å². The Bertz CT molecular complexity index is 877. The molecule has 2 N–H and O–H groups in total. The zero-order chi connectivity index (χ0) is 21.7. The van der Waals surface area contributed by atoms with Gasteiger partial charge in [0.05, 0.1) is 11.7 Å². The molecule has 8 heteroatoms. The second kappa shape index (κ2) is 9.19. The van der Waals surface area contributed by atoms with Gasteiger partial charge in [-0.05, 0) is 39.8 Å². The topological polar surface area (TPSA) is 92.0 Å². The van der Waals surface area contributed by atoms with Crippen molar-refractivity contribution in [3.63, 3.8) is 0 Å². The normalized spacial score (nSPS) is 15.0. The Balaban J connectivity index is 1.40. The van der Waals surface area contributed by atoms with Gasteiger partial charge in [-0.2, -0.15) is 0 Å². The third kappa shape index (κ3) is 5.98. The van der Waals surface area contributed by atoms with Gasteiger partial charge in [0.2, 0.25) is 5.89 Å². The van der Waals surface area contributed by atoms with Crippen LogP contribution in [0.5, 0.6) is 0 Å². The number of aliphatic imine (C=N–C) groups is 1. The van der Waals surface area contributed by atoms with Crippen LogP contribution in [0, 0.1) is 6.92 Å². The van der Waals surface area contributed by atoms with Gasteiger partial charge in [-0.25, -0.2) is 9.78 Å². The Morgan fingerprint density at radius 2 is 2.00 bits per heavy atom. The smallest absolute Gasteiger partial charge is 0.410 e. The molecule has 0 unspecified atom stereocenters. The second-order valence-corrected chi connectivity index (χ2v) is 8.49. The average molecular weight is 414 g/mol. The molecule has 1 aromatic carbocycles. The zero-order valence-electron chi connectivity index (χ0n) is 18.4. The van der Waals surface area contributed by atoms with Crippen LogP contribution in [0.4, 0.5) is 4.79 Å². The summed E-state index contributed by atoms with van der Waals surface area (Å²) in [5, 5.41) is 6.60. The molecule has 1 fully saturated rings. The monoisotopic (exact) mass is 413 g/mol. The number of carbonyl (C=O) groups is 1. The predicted octanol–water partition coefficient (Wildman–Crippen LogP) is 2.98. The largest absolute Gasteiger partial charge is 0.444 e. The quantitative estimate of drug-likeness (QED) is 0.578. The average Bonchev–Trinajstić information content (AvgIpc) is 3.10. The van der Waals surface area contributed by atoms with E-state index in [0.717, 1.165) is 11.3 Å². The van der Waals surface area contributed by atoms with Crippen LogP contribution in [0.25, 0.3) is 11.5 Å². The summed E-state index contributed by atoms with van der Waals surface area (Å²) in [5.74, 6) is 1.33. The van der Waals surface area contributed by atoms with E-state index >= 15 is 0 Å². The SMILES string of the molecule is CN=C(NCCc1coc(-c2ccc(C)cc2)n1)NC1CN(C(=O)OC(C)(C)C)C1. The van der Waals surface area contributed by atoms with E-state index in [2.05, 4.69) is 27.5 Å². The molecule has 3 rings (SSSR count). The van der Waals surface area contributed by atoms with E-state index in [0.29, 0.717) is 37.9 Å². The zero-order valence-corrected chi connectivity index (χ0v) is 18.4. The number of guanidine groups is 1. The summed E-state index contributed by atoms with van der Waals surface area (Å²) in [6.45, 7) is 9.51. The standard InChI is InChI=1S/C22H31N5O3/c1-15-6-8-16(9-7-15)19-25-17(14-29-19)10-11-24-20(23-5)26-18-12-27(13-18)21(28)30-22(2,3)4/h6-9,14,18H,10-13H2,1-5H3,(H2,23,24,26). The number of amides is 1. The van der Waals surface area contributed by atoms with E-state index in [9.17, 15) is 4.79 Å². The highest BCUT2D eigenvalue weighted by atomic mass is 16.6. The first-order chi connectivity index (χ1) is 14.2. The summed E-state index contributed by atoms with van der Waals surface area (Å²) in [7, 11) is 1.73. The molecule has 0 spiro atoms. The minimum Gasteiger partial charge on any atom is -0.444 e. The molecule has 1 aromatic heterocycles. The van der Waals surface area contributed by atoms with Crippen LogP contribution in [0.3, 0.4) is 0 Å². The Hall–Kier alpha value is -3.03. The first kappa shape index (κ1) is 21.7. The van der Waals surface area contributed by atoms with Crippen molar-refractivity contribution in [3.8, 4) is 11.5 Å². The number of aryl methyl sites for hydroxylation is 1. The van der Waals surface area contributed by atoms with Gasteiger partial charge in [-0.15, -0.1) is 0 Å². The number of nitrogens with one attached hydrogen (secondary N) is 2. The number of rotatable bonds is 5. The van der Waals surface area contributed by atoms with E-state index in [-0.39, 0.29) is 12.1 Å². The minimum absolute atomic E-state index is 0.156. The number of likely N-dealkylation sites (tertiary alicyclic amines) is 1. The van der Waals surface area contributed by atoms with Crippen LogP contribution >= 0.6 is 0 Å². The summed E-state index contributed by atoms with van der Waals surface area (Å²) in [6, 6.07) is 8.26. The van der Waals surface area contributed by atoms with E-state index in [1.807, 2.05) is 45.0 Å². The maximum absolute atomic E-state index is 12.0. The van der Waals surface area contributed by atoms with Gasteiger partial charge in [0.1, 0.15) is 11.9 Å². The Labute approximate surface area is 177 Å². The van der Waals surface area contributed by atoms with Crippen molar-refractivity contribution >= 4 is 12.1 Å². The fourth-order valence-corrected chi connectivity index (χ4v) is 2.99. The summed E-state index contributed by atoms with van der Waals surface area (Å²) in [5.41, 5.74) is 2.58. The lowest BCUT2D eigenvalue weighted by atomic mass is 10.1. The molecule has 0 aliphatic carbocycles. The summed E-state index contributed by atoms with van der Waals surface area (Å²) >= 11 is 0. The molecule has 1 aliphatic rings. The number of hydrogen-bond acceptors (Lipinski definition) is 5. The van der Waals surface area contributed by atoms with Crippen molar-refractivity contribution in [1.29, 1.82) is 0 Å². The molecular formula is C22H31N5O3. The van der Waals surface area contributed by atoms with Crippen molar-refractivity contribution in [2.24, 2.45) is 4.99 Å². The second-order valence-electron chi connectivity index (χ2n) is 8.49. The highest BCUT2D eigenvalue weighted by Gasteiger charge is 2.34. The van der Waals surface area contributed by atoms with Gasteiger partial charge in [-0.1, -0.05) is 17.7 Å². The summed E-state index contributed by atoms with van der Waals surface area (Å²) in [6.07, 6.45) is 2.13. The van der Waals surface area contributed by atoms with Crippen LogP contribution in [0.1, 0.15) is 32.0 Å². The Morgan fingerprint density at radius 1 is 1.30 bits per heavy atom. The van der Waals surface area contributed by atoms with Gasteiger partial charge in [0.25, 0.3) is 0 Å². The molecule has 0 atom stereocenters. The highest BCUT2D eigenvalue weighted by molar-refractivity contribution is 5.80. The third-order valence-corrected chi connectivity index (χ3v) is 4.62. The third-order valence-electron chi connectivity index (χ3n) is 4.62. The van der Waals surface area contributed by atoms with E-state index in [4.69, 9.17) is 9.15 Å². The molecule has 2 heterocycles. The molecule has 8 nitrogen and oxygen atoms in total. The lowest BCUT2D eigenvalue weighted by Crippen LogP contribution is -2.63. The summed E-state index contributed by atoms with van der Waals surface area (Å²) in [4.78, 5) is 22.5. The first-order valence-electron chi connectivity index (χ1n) is 10.2. The molecule has 0 bridgehead atoms. The molecule has 1 amide bonds. The molecule has 1 aliphatic heterocycles. The number of nitrogens with zero attached hydrogens (tertiary/aromatic N) is 3. The van der Waals surface area contributed by atoms with Crippen molar-refractivity contribution < 1.29 is 13.9 Å². The van der Waals surface area contributed by atoms with Gasteiger partial charge in [0.15, 0.2) is 5.96 Å². The van der Waals surface area contributed by atoms with Gasteiger partial charge < -0.3 is 24.7 Å². The molecular weight excluding hydrogens is 382 g/mol. The molecule has 0 saturated carbocycles. The van der Waals surface area contributed by atoms with Crippen LogP contribution in [0.2, 0.25) is 0 Å². The van der Waals surface area contributed by atoms with Crippen LogP contribution in [0.15, 0.2) is 39.9 Å². The van der Waals surface area contributed by atoms with Gasteiger partial charge in [0, 0.05) is 38.7 Å². The van der Waals surface area contributed by atoms with Crippen molar-refractivity contribution in [1.82, 2.24) is 20.5 Å². The number of benzene rings is 1. The maximum atomic E-state index is 12.0. The fourth-order valence-electron chi connectivity index (χ4n) is 2.99. The van der Waals surface area contributed by atoms with E-state index in [1.165, 1.54) is 5.56 Å². The number of aromatic nitrogens is 1. The van der Waals surface area contributed by atoms with Crippen LogP contribution in [-0.2, 0) is 11.2 Å². The molecule has 30 heavy (non-hydrogen) atoms. The van der Waals surface area contributed by atoms with Crippen molar-refractivity contribution in [2.75, 3.05) is 26.7 Å². The minimum atomic E-state index is -0.479. The van der Waals surface area contributed by atoms with Crippen LogP contribution < -0.4 is 10.6 Å². The molecule has 0 radical (unpaired) electrons. The summed E-state index contributed by atoms with van der Waals surface area (Å²) < 4.78 is 11.0. The number of carbonyl (C=O) groups excluding carboxylic acids is 1. The maximum Gasteiger partial charge on any atom is 0.410 e. The van der Waals surface area contributed by atoms with Crippen LogP contribution in [-0.4, -0.2) is 60.3 Å². The number of ether oxygens (including phenoxy) is 1. The lowest BCUT2D eigenvalue weighted by Gasteiger charge is -2.40. The lowest BCUT2D eigenvalue weighted by molar-refractivity contribution is 0.00701. The Kier molecular flexibility index (Phi) is 6.64. The molecule has 1 saturated heterocycles. The number of oxazole rings is 1. The number of hydrogen-bond donors (Lipinski definition) is 2. The molecule has 2 aromatic rings. The first-order valence-corrected chi connectivity index (χ1v) is 10.2. The fraction of sp³-hybridized carbons (Fsp3) is 0.500.